The molecular formula is C32H35ClN4O6. The van der Waals surface area contributed by atoms with Gasteiger partial charge in [-0.15, -0.1) is 0 Å². The zero-order chi connectivity index (χ0) is 30.8. The highest BCUT2D eigenvalue weighted by Crippen LogP contribution is 2.19. The van der Waals surface area contributed by atoms with Crippen molar-refractivity contribution >= 4 is 35.2 Å². The molecule has 2 atom stereocenters. The van der Waals surface area contributed by atoms with Gasteiger partial charge in [0.05, 0.1) is 25.1 Å². The predicted molar refractivity (Wildman–Crippen MR) is 162 cm³/mol. The van der Waals surface area contributed by atoms with E-state index in [1.165, 1.54) is 9.80 Å². The number of nitrogens with one attached hydrogen (secondary N) is 2. The fourth-order valence-electron chi connectivity index (χ4n) is 4.58. The van der Waals surface area contributed by atoms with Crippen LogP contribution < -0.4 is 20.1 Å². The first-order valence-electron chi connectivity index (χ1n) is 14.0. The molecule has 4 amide bonds. The summed E-state index contributed by atoms with van der Waals surface area (Å²) in [4.78, 5) is 56.6. The molecule has 0 saturated heterocycles. The SMILES string of the molecule is CN1CCOc2ccccc2C(=O)N[C@H](C(=O)N(C)CCOc2ccc(Cl)cc2)CC(=O)N[C@@H](Cc2ccccc2)C1=O. The quantitative estimate of drug-likeness (QED) is 0.427. The third kappa shape index (κ3) is 8.96. The van der Waals surface area contributed by atoms with Crippen molar-refractivity contribution in [1.29, 1.82) is 0 Å². The first-order chi connectivity index (χ1) is 20.7. The summed E-state index contributed by atoms with van der Waals surface area (Å²) < 4.78 is 11.6. The smallest absolute Gasteiger partial charge is 0.255 e. The van der Waals surface area contributed by atoms with E-state index in [0.717, 1.165) is 5.56 Å². The van der Waals surface area contributed by atoms with Crippen LogP contribution in [0.1, 0.15) is 22.3 Å². The number of carbonyl (C=O) groups is 4. The maximum atomic E-state index is 13.6. The van der Waals surface area contributed by atoms with Crippen LogP contribution in [-0.2, 0) is 20.8 Å². The van der Waals surface area contributed by atoms with E-state index < -0.39 is 29.8 Å². The van der Waals surface area contributed by atoms with Crippen LogP contribution in [-0.4, -0.2) is 85.9 Å². The number of hydrogen-bond donors (Lipinski definition) is 2. The largest absolute Gasteiger partial charge is 0.492 e. The zero-order valence-corrected chi connectivity index (χ0v) is 24.9. The molecule has 0 radical (unpaired) electrons. The van der Waals surface area contributed by atoms with Crippen molar-refractivity contribution in [2.75, 3.05) is 40.4 Å². The maximum Gasteiger partial charge on any atom is 0.255 e. The molecule has 2 N–H and O–H groups in total. The Bertz CT molecular complexity index is 1420. The molecule has 0 fully saturated rings. The van der Waals surface area contributed by atoms with E-state index in [0.29, 0.717) is 16.5 Å². The van der Waals surface area contributed by atoms with Crippen LogP contribution in [0.3, 0.4) is 0 Å². The number of nitrogens with zero attached hydrogens (tertiary/aromatic N) is 2. The fourth-order valence-corrected chi connectivity index (χ4v) is 4.71. The van der Waals surface area contributed by atoms with Gasteiger partial charge in [0, 0.05) is 25.5 Å². The number of fused-ring (bicyclic) bond motifs is 1. The summed E-state index contributed by atoms with van der Waals surface area (Å²) in [7, 11) is 3.20. The Hall–Kier alpha value is -4.57. The highest BCUT2D eigenvalue weighted by molar-refractivity contribution is 6.30. The molecule has 3 aromatic rings. The molecule has 3 aromatic carbocycles. The number of hydrogen-bond acceptors (Lipinski definition) is 6. The van der Waals surface area contributed by atoms with Crippen LogP contribution in [0.2, 0.25) is 5.02 Å². The summed E-state index contributed by atoms with van der Waals surface area (Å²) in [6, 6.07) is 20.7. The predicted octanol–water partition coefficient (Wildman–Crippen LogP) is 2.94. The summed E-state index contributed by atoms with van der Waals surface area (Å²) in [5.41, 5.74) is 1.07. The molecular weight excluding hydrogens is 572 g/mol. The number of halogens is 1. The van der Waals surface area contributed by atoms with Crippen molar-refractivity contribution < 1.29 is 28.7 Å². The van der Waals surface area contributed by atoms with Gasteiger partial charge in [0.1, 0.15) is 36.8 Å². The van der Waals surface area contributed by atoms with Crippen LogP contribution in [0, 0.1) is 0 Å². The summed E-state index contributed by atoms with van der Waals surface area (Å²) in [6.45, 7) is 0.722. The van der Waals surface area contributed by atoms with Crippen molar-refractivity contribution in [3.63, 3.8) is 0 Å². The molecule has 1 aliphatic rings. The van der Waals surface area contributed by atoms with E-state index in [9.17, 15) is 19.2 Å². The van der Waals surface area contributed by atoms with E-state index in [1.54, 1.807) is 62.6 Å². The molecule has 1 heterocycles. The van der Waals surface area contributed by atoms with Crippen molar-refractivity contribution in [2.45, 2.75) is 24.9 Å². The molecule has 4 rings (SSSR count). The summed E-state index contributed by atoms with van der Waals surface area (Å²) in [5.74, 6) is -0.999. The summed E-state index contributed by atoms with van der Waals surface area (Å²) >= 11 is 5.92. The second-order valence-corrected chi connectivity index (χ2v) is 10.6. The van der Waals surface area contributed by atoms with Crippen LogP contribution in [0.25, 0.3) is 0 Å². The molecule has 0 aliphatic carbocycles. The molecule has 1 aliphatic heterocycles. The monoisotopic (exact) mass is 606 g/mol. The lowest BCUT2D eigenvalue weighted by atomic mass is 10.0. The minimum absolute atomic E-state index is 0.122. The van der Waals surface area contributed by atoms with Gasteiger partial charge in [0.25, 0.3) is 5.91 Å². The Morgan fingerprint density at radius 2 is 1.70 bits per heavy atom. The first-order valence-corrected chi connectivity index (χ1v) is 14.3. The number of para-hydroxylation sites is 1. The third-order valence-electron chi connectivity index (χ3n) is 6.99. The van der Waals surface area contributed by atoms with Gasteiger partial charge in [0.15, 0.2) is 0 Å². The average Bonchev–Trinajstić information content (AvgIpc) is 3.00. The minimum Gasteiger partial charge on any atom is -0.492 e. The Labute approximate surface area is 255 Å². The van der Waals surface area contributed by atoms with Crippen LogP contribution in [0.4, 0.5) is 0 Å². The molecule has 0 spiro atoms. The van der Waals surface area contributed by atoms with Crippen molar-refractivity contribution in [1.82, 2.24) is 20.4 Å². The number of carbonyl (C=O) groups excluding carboxylic acids is 4. The number of amides is 4. The van der Waals surface area contributed by atoms with E-state index in [2.05, 4.69) is 10.6 Å². The van der Waals surface area contributed by atoms with E-state index in [1.807, 2.05) is 30.3 Å². The lowest BCUT2D eigenvalue weighted by Crippen LogP contribution is -2.53. The topological polar surface area (TPSA) is 117 Å². The fraction of sp³-hybridized carbons (Fsp3) is 0.312. The van der Waals surface area contributed by atoms with Gasteiger partial charge in [-0.2, -0.15) is 0 Å². The van der Waals surface area contributed by atoms with Crippen LogP contribution >= 0.6 is 11.6 Å². The lowest BCUT2D eigenvalue weighted by Gasteiger charge is -2.28. The number of ether oxygens (including phenoxy) is 2. The van der Waals surface area contributed by atoms with Gasteiger partial charge in [-0.3, -0.25) is 19.2 Å². The van der Waals surface area contributed by atoms with Gasteiger partial charge in [-0.25, -0.2) is 0 Å². The molecule has 10 nitrogen and oxygen atoms in total. The summed E-state index contributed by atoms with van der Waals surface area (Å²) in [5, 5.41) is 6.09. The van der Waals surface area contributed by atoms with E-state index in [4.69, 9.17) is 21.1 Å². The number of rotatable bonds is 7. The molecule has 0 unspecified atom stereocenters. The molecule has 0 aromatic heterocycles. The van der Waals surface area contributed by atoms with Crippen molar-refractivity contribution in [3.8, 4) is 11.5 Å². The van der Waals surface area contributed by atoms with Gasteiger partial charge in [0.2, 0.25) is 17.7 Å². The third-order valence-corrected chi connectivity index (χ3v) is 7.24. The second-order valence-electron chi connectivity index (χ2n) is 10.2. The van der Waals surface area contributed by atoms with Crippen molar-refractivity contribution in [2.24, 2.45) is 0 Å². The Balaban J connectivity index is 1.54. The van der Waals surface area contributed by atoms with Gasteiger partial charge >= 0.3 is 0 Å². The average molecular weight is 607 g/mol. The second kappa shape index (κ2) is 15.1. The van der Waals surface area contributed by atoms with Gasteiger partial charge in [-0.1, -0.05) is 54.1 Å². The summed E-state index contributed by atoms with van der Waals surface area (Å²) in [6.07, 6.45) is -0.120. The Morgan fingerprint density at radius 1 is 1.00 bits per heavy atom. The first kappa shape index (κ1) is 31.4. The number of likely N-dealkylation sites (N-methyl/N-ethyl adjacent to an activating group) is 2. The minimum atomic E-state index is -1.21. The molecule has 11 heteroatoms. The zero-order valence-electron chi connectivity index (χ0n) is 24.1. The van der Waals surface area contributed by atoms with E-state index in [-0.39, 0.29) is 50.6 Å². The van der Waals surface area contributed by atoms with Gasteiger partial charge < -0.3 is 29.9 Å². The van der Waals surface area contributed by atoms with Crippen molar-refractivity contribution in [3.05, 3.63) is 95.0 Å². The Kier molecular flexibility index (Phi) is 11.0. The number of benzene rings is 3. The lowest BCUT2D eigenvalue weighted by molar-refractivity contribution is -0.137. The van der Waals surface area contributed by atoms with Crippen LogP contribution in [0.5, 0.6) is 11.5 Å². The molecule has 0 saturated carbocycles. The van der Waals surface area contributed by atoms with E-state index >= 15 is 0 Å². The standard InChI is InChI=1S/C32H35ClN4O6/c1-36(16-18-42-24-14-12-23(33)13-15-24)32(41)27-21-29(38)34-26(20-22-8-4-3-5-9-22)31(40)37(2)17-19-43-28-11-7-6-10-25(28)30(39)35-27/h3-15,26-27H,16-21H2,1-2H3,(H,34,38)(H,35,39)/t26-,27-/m0/s1. The van der Waals surface area contributed by atoms with Gasteiger partial charge in [-0.05, 0) is 42.0 Å². The highest BCUT2D eigenvalue weighted by atomic mass is 35.5. The highest BCUT2D eigenvalue weighted by Gasteiger charge is 2.31. The molecule has 43 heavy (non-hydrogen) atoms. The maximum absolute atomic E-state index is 13.6. The van der Waals surface area contributed by atoms with Crippen LogP contribution in [0.15, 0.2) is 78.9 Å². The normalized spacial score (nSPS) is 17.9. The Morgan fingerprint density at radius 3 is 2.44 bits per heavy atom. The molecule has 0 bridgehead atoms. The molecule has 226 valence electrons.